The lowest BCUT2D eigenvalue weighted by molar-refractivity contribution is -0.125. The molecule has 0 unspecified atom stereocenters. The molecule has 1 aromatic carbocycles. The number of thioether (sulfide) groups is 1. The maximum atomic E-state index is 12.4. The number of nitrogens with zero attached hydrogens (tertiary/aromatic N) is 1. The third-order valence-electron chi connectivity index (χ3n) is 2.88. The van der Waals surface area contributed by atoms with Crippen LogP contribution >= 0.6 is 11.8 Å². The van der Waals surface area contributed by atoms with Crippen LogP contribution in [-0.2, 0) is 4.79 Å². The standard InChI is InChI=1S/C13H17NOS/c1-4-14-10-7-5-6-8-11(10)16-9-13(2,3)12(14)15/h5-8H,4,9H2,1-3H3. The summed E-state index contributed by atoms with van der Waals surface area (Å²) in [6.45, 7) is 6.81. The van der Waals surface area contributed by atoms with Gasteiger partial charge in [0.2, 0.25) is 5.91 Å². The molecular formula is C13H17NOS. The van der Waals surface area contributed by atoms with Gasteiger partial charge >= 0.3 is 0 Å². The molecule has 2 nitrogen and oxygen atoms in total. The second-order valence-corrected chi connectivity index (χ2v) is 5.71. The Morgan fingerprint density at radius 1 is 1.38 bits per heavy atom. The van der Waals surface area contributed by atoms with Crippen molar-refractivity contribution in [2.45, 2.75) is 25.7 Å². The molecule has 0 N–H and O–H groups in total. The van der Waals surface area contributed by atoms with Gasteiger partial charge in [0.05, 0.1) is 11.1 Å². The molecule has 1 aliphatic heterocycles. The van der Waals surface area contributed by atoms with Crippen molar-refractivity contribution in [1.29, 1.82) is 0 Å². The van der Waals surface area contributed by atoms with Gasteiger partial charge in [-0.1, -0.05) is 26.0 Å². The Hall–Kier alpha value is -0.960. The molecular weight excluding hydrogens is 218 g/mol. The lowest BCUT2D eigenvalue weighted by atomic mass is 9.94. The molecule has 0 bridgehead atoms. The first-order chi connectivity index (χ1) is 7.56. The largest absolute Gasteiger partial charge is 0.311 e. The van der Waals surface area contributed by atoms with Crippen LogP contribution in [0.2, 0.25) is 0 Å². The number of fused-ring (bicyclic) bond motifs is 1. The summed E-state index contributed by atoms with van der Waals surface area (Å²) in [6, 6.07) is 8.15. The predicted octanol–water partition coefficient (Wildman–Crippen LogP) is 3.17. The van der Waals surface area contributed by atoms with Crippen LogP contribution in [0.15, 0.2) is 29.2 Å². The first kappa shape index (κ1) is 11.5. The molecule has 3 heteroatoms. The van der Waals surface area contributed by atoms with Gasteiger partial charge in [0.25, 0.3) is 0 Å². The maximum Gasteiger partial charge on any atom is 0.233 e. The van der Waals surface area contributed by atoms with Crippen LogP contribution in [0.4, 0.5) is 5.69 Å². The first-order valence-electron chi connectivity index (χ1n) is 5.60. The highest BCUT2D eigenvalue weighted by molar-refractivity contribution is 7.99. The smallest absolute Gasteiger partial charge is 0.233 e. The van der Waals surface area contributed by atoms with E-state index < -0.39 is 0 Å². The summed E-state index contributed by atoms with van der Waals surface area (Å²) in [6.07, 6.45) is 0. The number of rotatable bonds is 1. The molecule has 1 heterocycles. The third-order valence-corrected chi connectivity index (χ3v) is 4.41. The van der Waals surface area contributed by atoms with Crippen molar-refractivity contribution in [3.05, 3.63) is 24.3 Å². The maximum absolute atomic E-state index is 12.4. The molecule has 1 amide bonds. The summed E-state index contributed by atoms with van der Waals surface area (Å²) in [4.78, 5) is 15.5. The highest BCUT2D eigenvalue weighted by atomic mass is 32.2. The highest BCUT2D eigenvalue weighted by Gasteiger charge is 2.35. The van der Waals surface area contributed by atoms with Gasteiger partial charge in [0, 0.05) is 17.2 Å². The fourth-order valence-corrected chi connectivity index (χ4v) is 3.05. The predicted molar refractivity (Wildman–Crippen MR) is 69.0 cm³/mol. The number of anilines is 1. The number of carbonyl (C=O) groups excluding carboxylic acids is 1. The van der Waals surface area contributed by atoms with Gasteiger partial charge < -0.3 is 4.90 Å². The molecule has 0 saturated heterocycles. The number of hydrogen-bond donors (Lipinski definition) is 0. The summed E-state index contributed by atoms with van der Waals surface area (Å²) in [5.74, 6) is 1.08. The third kappa shape index (κ3) is 1.84. The lowest BCUT2D eigenvalue weighted by Gasteiger charge is -2.28. The highest BCUT2D eigenvalue weighted by Crippen LogP contribution is 2.40. The van der Waals surface area contributed by atoms with Gasteiger partial charge in [-0.25, -0.2) is 0 Å². The molecule has 1 aromatic rings. The first-order valence-corrected chi connectivity index (χ1v) is 6.58. The summed E-state index contributed by atoms with van der Waals surface area (Å²) < 4.78 is 0. The van der Waals surface area contributed by atoms with Crippen molar-refractivity contribution in [2.75, 3.05) is 17.2 Å². The average Bonchev–Trinajstić information content (AvgIpc) is 2.37. The molecule has 0 radical (unpaired) electrons. The monoisotopic (exact) mass is 235 g/mol. The Morgan fingerprint density at radius 3 is 2.75 bits per heavy atom. The molecule has 0 fully saturated rings. The van der Waals surface area contributed by atoms with Crippen LogP contribution in [0.1, 0.15) is 20.8 Å². The summed E-state index contributed by atoms with van der Waals surface area (Å²) in [7, 11) is 0. The number of benzene rings is 1. The van der Waals surface area contributed by atoms with Crippen molar-refractivity contribution in [3.63, 3.8) is 0 Å². The van der Waals surface area contributed by atoms with E-state index in [0.29, 0.717) is 0 Å². The normalized spacial score (nSPS) is 19.2. The lowest BCUT2D eigenvalue weighted by Crippen LogP contribution is -2.41. The SMILES string of the molecule is CCN1C(=O)C(C)(C)CSc2ccccc21. The second kappa shape index (κ2) is 4.13. The van der Waals surface area contributed by atoms with E-state index in [4.69, 9.17) is 0 Å². The average molecular weight is 235 g/mol. The topological polar surface area (TPSA) is 20.3 Å². The van der Waals surface area contributed by atoms with Crippen LogP contribution < -0.4 is 4.90 Å². The van der Waals surface area contributed by atoms with Crippen molar-refractivity contribution in [2.24, 2.45) is 5.41 Å². The number of amides is 1. The summed E-state index contributed by atoms with van der Waals surface area (Å²) >= 11 is 1.78. The summed E-state index contributed by atoms with van der Waals surface area (Å²) in [5, 5.41) is 0. The Morgan fingerprint density at radius 2 is 2.06 bits per heavy atom. The Kier molecular flexibility index (Phi) is 2.98. The van der Waals surface area contributed by atoms with Crippen LogP contribution in [0.5, 0.6) is 0 Å². The van der Waals surface area contributed by atoms with E-state index in [1.54, 1.807) is 11.8 Å². The minimum atomic E-state index is -0.278. The fourth-order valence-electron chi connectivity index (χ4n) is 1.91. The Bertz CT molecular complexity index is 414. The van der Waals surface area contributed by atoms with E-state index >= 15 is 0 Å². The molecule has 0 aromatic heterocycles. The van der Waals surface area contributed by atoms with Crippen LogP contribution in [0.3, 0.4) is 0 Å². The zero-order valence-corrected chi connectivity index (χ0v) is 10.8. The Labute approximate surface area is 101 Å². The van der Waals surface area contributed by atoms with Crippen molar-refractivity contribution in [3.8, 4) is 0 Å². The summed E-state index contributed by atoms with van der Waals surface area (Å²) in [5.41, 5.74) is 0.783. The van der Waals surface area contributed by atoms with Gasteiger partial charge in [0.1, 0.15) is 0 Å². The van der Waals surface area contributed by atoms with Gasteiger partial charge in [-0.3, -0.25) is 4.79 Å². The number of carbonyl (C=O) groups is 1. The molecule has 0 atom stereocenters. The molecule has 86 valence electrons. The molecule has 0 aliphatic carbocycles. The quantitative estimate of drug-likeness (QED) is 0.745. The van der Waals surface area contributed by atoms with Crippen LogP contribution in [0, 0.1) is 5.41 Å². The molecule has 0 saturated carbocycles. The van der Waals surface area contributed by atoms with Gasteiger partial charge in [-0.15, -0.1) is 11.8 Å². The van der Waals surface area contributed by atoms with E-state index in [-0.39, 0.29) is 11.3 Å². The van der Waals surface area contributed by atoms with Gasteiger partial charge in [-0.2, -0.15) is 0 Å². The van der Waals surface area contributed by atoms with E-state index in [1.165, 1.54) is 4.90 Å². The second-order valence-electron chi connectivity index (χ2n) is 4.69. The fraction of sp³-hybridized carbons (Fsp3) is 0.462. The molecule has 16 heavy (non-hydrogen) atoms. The minimum Gasteiger partial charge on any atom is -0.311 e. The van der Waals surface area contributed by atoms with E-state index in [9.17, 15) is 4.79 Å². The molecule has 1 aliphatic rings. The minimum absolute atomic E-state index is 0.229. The molecule has 2 rings (SSSR count). The number of para-hydroxylation sites is 1. The van der Waals surface area contributed by atoms with E-state index in [0.717, 1.165) is 18.0 Å². The van der Waals surface area contributed by atoms with Crippen LogP contribution in [0.25, 0.3) is 0 Å². The zero-order chi connectivity index (χ0) is 11.8. The number of hydrogen-bond acceptors (Lipinski definition) is 2. The van der Waals surface area contributed by atoms with Crippen LogP contribution in [-0.4, -0.2) is 18.2 Å². The van der Waals surface area contributed by atoms with Gasteiger partial charge in [0.15, 0.2) is 0 Å². The van der Waals surface area contributed by atoms with Crippen molar-refractivity contribution >= 4 is 23.4 Å². The van der Waals surface area contributed by atoms with E-state index in [1.807, 2.05) is 43.9 Å². The van der Waals surface area contributed by atoms with E-state index in [2.05, 4.69) is 6.07 Å². The Balaban J connectivity index is 2.50. The van der Waals surface area contributed by atoms with Crippen molar-refractivity contribution in [1.82, 2.24) is 0 Å². The zero-order valence-electron chi connectivity index (χ0n) is 9.99. The van der Waals surface area contributed by atoms with Gasteiger partial charge in [-0.05, 0) is 19.1 Å². The molecule has 0 spiro atoms. The van der Waals surface area contributed by atoms with Crippen molar-refractivity contribution < 1.29 is 4.79 Å².